The van der Waals surface area contributed by atoms with Crippen molar-refractivity contribution in [1.82, 2.24) is 25.2 Å². The number of hydrogen-bond donors (Lipinski definition) is 1. The maximum Gasteiger partial charge on any atom is 0.189 e. The van der Waals surface area contributed by atoms with Crippen LogP contribution in [0.2, 0.25) is 0 Å². The van der Waals surface area contributed by atoms with Gasteiger partial charge in [-0.3, -0.25) is 15.4 Å². The number of hydrogen-bond acceptors (Lipinski definition) is 5. The minimum Gasteiger partial charge on any atom is -0.345 e. The van der Waals surface area contributed by atoms with Crippen molar-refractivity contribution >= 4 is 23.0 Å². The van der Waals surface area contributed by atoms with Crippen LogP contribution in [0.4, 0.5) is 0 Å². The molecule has 1 aliphatic rings. The fourth-order valence-corrected chi connectivity index (χ4v) is 2.70. The summed E-state index contributed by atoms with van der Waals surface area (Å²) in [6.07, 6.45) is 5.01. The first-order chi connectivity index (χ1) is 11.7. The third kappa shape index (κ3) is 4.12. The van der Waals surface area contributed by atoms with Gasteiger partial charge < -0.3 is 9.80 Å². The van der Waals surface area contributed by atoms with Crippen LogP contribution in [-0.2, 0) is 0 Å². The highest BCUT2D eigenvalue weighted by molar-refractivity contribution is 7.80. The molecule has 3 rings (SSSR count). The molecule has 0 spiro atoms. The highest BCUT2D eigenvalue weighted by Crippen LogP contribution is 2.08. The lowest BCUT2D eigenvalue weighted by Gasteiger charge is -2.33. The maximum absolute atomic E-state index is 5.48. The Hall–Kier alpha value is -2.38. The summed E-state index contributed by atoms with van der Waals surface area (Å²) in [7, 11) is 2.12. The first-order valence-electron chi connectivity index (χ1n) is 7.87. The van der Waals surface area contributed by atoms with Crippen molar-refractivity contribution in [1.29, 1.82) is 0 Å². The highest BCUT2D eigenvalue weighted by Gasteiger charge is 2.16. The van der Waals surface area contributed by atoms with E-state index < -0.39 is 0 Å². The number of piperazine rings is 1. The highest BCUT2D eigenvalue weighted by atomic mass is 32.1. The topological polar surface area (TPSA) is 56.6 Å². The number of thiocarbonyl (C=S) groups is 1. The Kier molecular flexibility index (Phi) is 5.45. The Morgan fingerprint density at radius 1 is 1.12 bits per heavy atom. The maximum atomic E-state index is 5.48. The van der Waals surface area contributed by atoms with Crippen molar-refractivity contribution in [2.75, 3.05) is 33.2 Å². The van der Waals surface area contributed by atoms with E-state index in [1.54, 1.807) is 18.6 Å². The molecule has 1 aliphatic heterocycles. The molecule has 24 heavy (non-hydrogen) atoms. The molecular weight excluding hydrogens is 320 g/mol. The Labute approximate surface area is 147 Å². The van der Waals surface area contributed by atoms with Crippen LogP contribution < -0.4 is 5.43 Å². The van der Waals surface area contributed by atoms with Crippen molar-refractivity contribution in [3.63, 3.8) is 0 Å². The number of likely N-dealkylation sites (N-methyl/N-ethyl adjacent to an activating group) is 1. The summed E-state index contributed by atoms with van der Waals surface area (Å²) in [4.78, 5) is 12.9. The number of aromatic nitrogens is 2. The summed E-state index contributed by atoms with van der Waals surface area (Å²) in [5, 5.41) is 5.17. The van der Waals surface area contributed by atoms with E-state index in [9.17, 15) is 0 Å². The molecule has 1 aromatic heterocycles. The van der Waals surface area contributed by atoms with Crippen LogP contribution in [0.25, 0.3) is 0 Å². The molecule has 6 nitrogen and oxygen atoms in total. The molecule has 0 radical (unpaired) electrons. The molecule has 0 atom stereocenters. The van der Waals surface area contributed by atoms with Gasteiger partial charge in [0.2, 0.25) is 0 Å². The quantitative estimate of drug-likeness (QED) is 0.517. The zero-order chi connectivity index (χ0) is 16.8. The van der Waals surface area contributed by atoms with E-state index in [2.05, 4.69) is 37.3 Å². The molecule has 0 amide bonds. The van der Waals surface area contributed by atoms with Crippen LogP contribution in [0.5, 0.6) is 0 Å². The third-order valence-corrected chi connectivity index (χ3v) is 4.26. The monoisotopic (exact) mass is 340 g/mol. The van der Waals surface area contributed by atoms with E-state index >= 15 is 0 Å². The number of hydrazone groups is 1. The van der Waals surface area contributed by atoms with Crippen LogP contribution in [-0.4, -0.2) is 63.8 Å². The minimum absolute atomic E-state index is 0.639. The molecule has 0 saturated carbocycles. The molecule has 2 heterocycles. The molecule has 0 unspecified atom stereocenters. The average Bonchev–Trinajstić information content (AvgIpc) is 2.64. The number of nitrogens with zero attached hydrogens (tertiary/aromatic N) is 5. The molecular formula is C17H20N6S. The summed E-state index contributed by atoms with van der Waals surface area (Å²) in [6.45, 7) is 3.82. The molecule has 2 aromatic rings. The lowest BCUT2D eigenvalue weighted by atomic mass is 10.1. The molecule has 124 valence electrons. The number of nitrogens with one attached hydrogen (secondary N) is 1. The van der Waals surface area contributed by atoms with Gasteiger partial charge in [0, 0.05) is 44.1 Å². The molecule has 1 aromatic carbocycles. The van der Waals surface area contributed by atoms with Gasteiger partial charge in [-0.1, -0.05) is 30.3 Å². The SMILES string of the molecule is CN1CCN(C(=S)NN=C(c2ccccc2)c2cnccn2)CC1. The predicted molar refractivity (Wildman–Crippen MR) is 98.9 cm³/mol. The Morgan fingerprint density at radius 3 is 2.54 bits per heavy atom. The largest absolute Gasteiger partial charge is 0.345 e. The van der Waals surface area contributed by atoms with Gasteiger partial charge in [0.1, 0.15) is 11.4 Å². The van der Waals surface area contributed by atoms with E-state index in [1.807, 2.05) is 30.3 Å². The average molecular weight is 340 g/mol. The van der Waals surface area contributed by atoms with Crippen LogP contribution in [0.15, 0.2) is 54.0 Å². The second kappa shape index (κ2) is 7.94. The number of benzene rings is 1. The standard InChI is InChI=1S/C17H20N6S/c1-22-9-11-23(12-10-22)17(24)21-20-16(14-5-3-2-4-6-14)15-13-18-7-8-19-15/h2-8,13H,9-12H2,1H3,(H,21,24). The minimum atomic E-state index is 0.639. The van der Waals surface area contributed by atoms with Crippen LogP contribution in [0.1, 0.15) is 11.3 Å². The van der Waals surface area contributed by atoms with E-state index in [4.69, 9.17) is 12.2 Å². The number of rotatable bonds is 3. The molecule has 0 bridgehead atoms. The Balaban J connectivity index is 1.78. The normalized spacial score (nSPS) is 16.0. The van der Waals surface area contributed by atoms with Gasteiger partial charge in [-0.25, -0.2) is 0 Å². The van der Waals surface area contributed by atoms with Gasteiger partial charge in [-0.2, -0.15) is 5.10 Å². The van der Waals surface area contributed by atoms with Gasteiger partial charge in [0.15, 0.2) is 5.11 Å². The van der Waals surface area contributed by atoms with Crippen molar-refractivity contribution in [2.45, 2.75) is 0 Å². The Morgan fingerprint density at radius 2 is 1.88 bits per heavy atom. The summed E-state index contributed by atoms with van der Waals surface area (Å²) < 4.78 is 0. The van der Waals surface area contributed by atoms with Crippen molar-refractivity contribution in [3.8, 4) is 0 Å². The molecule has 7 heteroatoms. The smallest absolute Gasteiger partial charge is 0.189 e. The van der Waals surface area contributed by atoms with E-state index in [0.29, 0.717) is 10.8 Å². The fourth-order valence-electron chi connectivity index (χ4n) is 2.47. The second-order valence-electron chi connectivity index (χ2n) is 5.62. The van der Waals surface area contributed by atoms with E-state index in [-0.39, 0.29) is 0 Å². The first-order valence-corrected chi connectivity index (χ1v) is 8.28. The lowest BCUT2D eigenvalue weighted by molar-refractivity contribution is 0.214. The van der Waals surface area contributed by atoms with E-state index in [0.717, 1.165) is 37.5 Å². The predicted octanol–water partition coefficient (Wildman–Crippen LogP) is 1.35. The van der Waals surface area contributed by atoms with Gasteiger partial charge in [0.05, 0.1) is 6.20 Å². The second-order valence-corrected chi connectivity index (χ2v) is 6.01. The van der Waals surface area contributed by atoms with Gasteiger partial charge in [-0.15, -0.1) is 0 Å². The van der Waals surface area contributed by atoms with Gasteiger partial charge in [-0.05, 0) is 19.3 Å². The summed E-state index contributed by atoms with van der Waals surface area (Å²) >= 11 is 5.48. The molecule has 1 saturated heterocycles. The van der Waals surface area contributed by atoms with Gasteiger partial charge >= 0.3 is 0 Å². The van der Waals surface area contributed by atoms with Crippen molar-refractivity contribution in [3.05, 3.63) is 60.2 Å². The van der Waals surface area contributed by atoms with Crippen molar-refractivity contribution < 1.29 is 0 Å². The summed E-state index contributed by atoms with van der Waals surface area (Å²) in [5.41, 5.74) is 5.42. The lowest BCUT2D eigenvalue weighted by Crippen LogP contribution is -2.49. The zero-order valence-electron chi connectivity index (χ0n) is 13.6. The van der Waals surface area contributed by atoms with Crippen LogP contribution in [0.3, 0.4) is 0 Å². The summed E-state index contributed by atoms with van der Waals surface area (Å²) in [5.74, 6) is 0. The van der Waals surface area contributed by atoms with Crippen LogP contribution in [0, 0.1) is 0 Å². The van der Waals surface area contributed by atoms with Crippen LogP contribution >= 0.6 is 12.2 Å². The zero-order valence-corrected chi connectivity index (χ0v) is 14.4. The molecule has 0 aliphatic carbocycles. The third-order valence-electron chi connectivity index (χ3n) is 3.91. The summed E-state index contributed by atoms with van der Waals surface area (Å²) in [6, 6.07) is 9.91. The Bertz CT molecular complexity index is 654. The fraction of sp³-hybridized carbons (Fsp3) is 0.294. The van der Waals surface area contributed by atoms with E-state index in [1.165, 1.54) is 0 Å². The first kappa shape index (κ1) is 16.5. The molecule has 1 fully saturated rings. The molecule has 1 N–H and O–H groups in total. The van der Waals surface area contributed by atoms with Crippen molar-refractivity contribution in [2.24, 2.45) is 5.10 Å². The van der Waals surface area contributed by atoms with Gasteiger partial charge in [0.25, 0.3) is 0 Å².